The van der Waals surface area contributed by atoms with Crippen molar-refractivity contribution >= 4 is 6.29 Å². The van der Waals surface area contributed by atoms with E-state index in [1.807, 2.05) is 19.9 Å². The first kappa shape index (κ1) is 10.4. The van der Waals surface area contributed by atoms with E-state index in [-0.39, 0.29) is 5.92 Å². The van der Waals surface area contributed by atoms with Crippen molar-refractivity contribution in [3.8, 4) is 0 Å². The molecule has 64 valence electrons. The van der Waals surface area contributed by atoms with Gasteiger partial charge in [-0.3, -0.25) is 0 Å². The van der Waals surface area contributed by atoms with E-state index >= 15 is 0 Å². The molecule has 0 saturated heterocycles. The van der Waals surface area contributed by atoms with E-state index in [9.17, 15) is 9.90 Å². The third kappa shape index (κ3) is 3.33. The normalized spacial score (nSPS) is 17.6. The third-order valence-corrected chi connectivity index (χ3v) is 1.71. The molecule has 11 heavy (non-hydrogen) atoms. The predicted molar refractivity (Wildman–Crippen MR) is 45.3 cm³/mol. The SMILES string of the molecule is CCC=C(C)C(O)C(C)C=O. The fourth-order valence-corrected chi connectivity index (χ4v) is 0.932. The minimum atomic E-state index is -0.604. The molecule has 0 aromatic rings. The van der Waals surface area contributed by atoms with E-state index in [0.717, 1.165) is 18.3 Å². The standard InChI is InChI=1S/C9H16O2/c1-4-5-7(2)9(11)8(3)6-10/h5-6,8-9,11H,4H2,1-3H3. The molecule has 0 aliphatic rings. The molecule has 0 rings (SSSR count). The van der Waals surface area contributed by atoms with E-state index in [2.05, 4.69) is 0 Å². The average molecular weight is 156 g/mol. The number of rotatable bonds is 4. The molecule has 0 radical (unpaired) electrons. The summed E-state index contributed by atoms with van der Waals surface area (Å²) in [6, 6.07) is 0. The van der Waals surface area contributed by atoms with Crippen molar-refractivity contribution in [3.05, 3.63) is 11.6 Å². The zero-order valence-corrected chi connectivity index (χ0v) is 7.37. The summed E-state index contributed by atoms with van der Waals surface area (Å²) in [4.78, 5) is 10.3. The van der Waals surface area contributed by atoms with Gasteiger partial charge in [0.25, 0.3) is 0 Å². The van der Waals surface area contributed by atoms with Gasteiger partial charge in [0, 0.05) is 5.92 Å². The van der Waals surface area contributed by atoms with Gasteiger partial charge in [-0.05, 0) is 18.9 Å². The topological polar surface area (TPSA) is 37.3 Å². The second-order valence-corrected chi connectivity index (χ2v) is 2.80. The van der Waals surface area contributed by atoms with E-state index in [0.29, 0.717) is 0 Å². The quantitative estimate of drug-likeness (QED) is 0.495. The van der Waals surface area contributed by atoms with E-state index in [1.165, 1.54) is 0 Å². The van der Waals surface area contributed by atoms with Gasteiger partial charge in [-0.15, -0.1) is 0 Å². The lowest BCUT2D eigenvalue weighted by Crippen LogP contribution is -2.19. The van der Waals surface area contributed by atoms with Crippen LogP contribution in [0.2, 0.25) is 0 Å². The van der Waals surface area contributed by atoms with Crippen molar-refractivity contribution in [3.63, 3.8) is 0 Å². The van der Waals surface area contributed by atoms with Gasteiger partial charge in [0.15, 0.2) is 0 Å². The Morgan fingerprint density at radius 1 is 1.64 bits per heavy atom. The van der Waals surface area contributed by atoms with Crippen LogP contribution in [0.4, 0.5) is 0 Å². The Morgan fingerprint density at radius 2 is 2.18 bits per heavy atom. The largest absolute Gasteiger partial charge is 0.388 e. The van der Waals surface area contributed by atoms with Gasteiger partial charge in [-0.25, -0.2) is 0 Å². The minimum absolute atomic E-state index is 0.294. The van der Waals surface area contributed by atoms with Crippen LogP contribution in [-0.4, -0.2) is 17.5 Å². The zero-order valence-electron chi connectivity index (χ0n) is 7.37. The predicted octanol–water partition coefficient (Wildman–Crippen LogP) is 1.54. The molecule has 0 spiro atoms. The molecule has 2 nitrogen and oxygen atoms in total. The van der Waals surface area contributed by atoms with Crippen LogP contribution in [0.5, 0.6) is 0 Å². The van der Waals surface area contributed by atoms with E-state index in [4.69, 9.17) is 0 Å². The molecule has 0 aliphatic heterocycles. The first-order valence-corrected chi connectivity index (χ1v) is 3.93. The van der Waals surface area contributed by atoms with Crippen molar-refractivity contribution in [2.75, 3.05) is 0 Å². The Labute approximate surface area is 67.9 Å². The monoisotopic (exact) mass is 156 g/mol. The smallest absolute Gasteiger partial charge is 0.125 e. The van der Waals surface area contributed by atoms with Crippen molar-refractivity contribution in [1.29, 1.82) is 0 Å². The Bertz CT molecular complexity index is 150. The Hall–Kier alpha value is -0.630. The maximum atomic E-state index is 10.3. The summed E-state index contributed by atoms with van der Waals surface area (Å²) in [7, 11) is 0. The molecule has 0 saturated carbocycles. The molecule has 2 atom stereocenters. The number of aliphatic hydroxyl groups excluding tert-OH is 1. The van der Waals surface area contributed by atoms with Gasteiger partial charge in [0.05, 0.1) is 6.10 Å². The number of hydrogen-bond acceptors (Lipinski definition) is 2. The number of aldehydes is 1. The van der Waals surface area contributed by atoms with Crippen LogP contribution in [0.3, 0.4) is 0 Å². The maximum absolute atomic E-state index is 10.3. The van der Waals surface area contributed by atoms with Crippen molar-refractivity contribution in [2.24, 2.45) is 5.92 Å². The van der Waals surface area contributed by atoms with Crippen LogP contribution in [-0.2, 0) is 4.79 Å². The second-order valence-electron chi connectivity index (χ2n) is 2.80. The molecule has 0 fully saturated rings. The molecular weight excluding hydrogens is 140 g/mol. The Morgan fingerprint density at radius 3 is 2.55 bits per heavy atom. The molecule has 2 unspecified atom stereocenters. The number of carbonyl (C=O) groups is 1. The lowest BCUT2D eigenvalue weighted by Gasteiger charge is -2.13. The van der Waals surface area contributed by atoms with Crippen LogP contribution in [0, 0.1) is 5.92 Å². The van der Waals surface area contributed by atoms with Crippen LogP contribution in [0.25, 0.3) is 0 Å². The lowest BCUT2D eigenvalue weighted by atomic mass is 9.99. The van der Waals surface area contributed by atoms with Gasteiger partial charge in [-0.1, -0.05) is 19.9 Å². The molecule has 2 heteroatoms. The number of hydrogen-bond donors (Lipinski definition) is 1. The van der Waals surface area contributed by atoms with Crippen molar-refractivity contribution in [2.45, 2.75) is 33.3 Å². The average Bonchev–Trinajstić information content (AvgIpc) is 2.02. The molecule has 0 aromatic carbocycles. The number of carbonyl (C=O) groups excluding carboxylic acids is 1. The van der Waals surface area contributed by atoms with Gasteiger partial charge >= 0.3 is 0 Å². The first-order valence-electron chi connectivity index (χ1n) is 3.93. The molecule has 0 heterocycles. The van der Waals surface area contributed by atoms with Crippen LogP contribution in [0.1, 0.15) is 27.2 Å². The van der Waals surface area contributed by atoms with Gasteiger partial charge in [-0.2, -0.15) is 0 Å². The lowest BCUT2D eigenvalue weighted by molar-refractivity contribution is -0.112. The minimum Gasteiger partial charge on any atom is -0.388 e. The Balaban J connectivity index is 4.11. The molecule has 0 amide bonds. The zero-order chi connectivity index (χ0) is 8.85. The summed E-state index contributed by atoms with van der Waals surface area (Å²) >= 11 is 0. The number of aliphatic hydroxyl groups is 1. The molecule has 0 aromatic heterocycles. The summed E-state index contributed by atoms with van der Waals surface area (Å²) in [6.07, 6.45) is 3.00. The van der Waals surface area contributed by atoms with Crippen molar-refractivity contribution in [1.82, 2.24) is 0 Å². The highest BCUT2D eigenvalue weighted by Crippen LogP contribution is 2.10. The summed E-state index contributed by atoms with van der Waals surface area (Å²) < 4.78 is 0. The van der Waals surface area contributed by atoms with Gasteiger partial charge in [0.1, 0.15) is 6.29 Å². The highest BCUT2D eigenvalue weighted by molar-refractivity contribution is 5.54. The molecule has 1 N–H and O–H groups in total. The summed E-state index contributed by atoms with van der Waals surface area (Å²) in [5.41, 5.74) is 0.882. The summed E-state index contributed by atoms with van der Waals surface area (Å²) in [5.74, 6) is -0.294. The molecule has 0 aliphatic carbocycles. The summed E-state index contributed by atoms with van der Waals surface area (Å²) in [6.45, 7) is 5.56. The Kier molecular flexibility index (Phi) is 4.79. The fraction of sp³-hybridized carbons (Fsp3) is 0.667. The van der Waals surface area contributed by atoms with Gasteiger partial charge in [0.2, 0.25) is 0 Å². The first-order chi connectivity index (χ1) is 5.13. The third-order valence-electron chi connectivity index (χ3n) is 1.71. The van der Waals surface area contributed by atoms with Crippen LogP contribution < -0.4 is 0 Å². The summed E-state index contributed by atoms with van der Waals surface area (Å²) in [5, 5.41) is 9.42. The molecular formula is C9H16O2. The van der Waals surface area contributed by atoms with Crippen LogP contribution in [0.15, 0.2) is 11.6 Å². The highest BCUT2D eigenvalue weighted by atomic mass is 16.3. The maximum Gasteiger partial charge on any atom is 0.125 e. The van der Waals surface area contributed by atoms with Crippen LogP contribution >= 0.6 is 0 Å². The van der Waals surface area contributed by atoms with Gasteiger partial charge < -0.3 is 9.90 Å². The second kappa shape index (κ2) is 5.08. The van der Waals surface area contributed by atoms with E-state index in [1.54, 1.807) is 6.92 Å². The van der Waals surface area contributed by atoms with Crippen molar-refractivity contribution < 1.29 is 9.90 Å². The van der Waals surface area contributed by atoms with E-state index < -0.39 is 6.10 Å². The molecule has 0 bridgehead atoms. The fourth-order valence-electron chi connectivity index (χ4n) is 0.932. The number of allylic oxidation sites excluding steroid dienone is 1. The highest BCUT2D eigenvalue weighted by Gasteiger charge is 2.13.